The van der Waals surface area contributed by atoms with Crippen LogP contribution in [0.4, 0.5) is 0 Å². The molecule has 0 bridgehead atoms. The maximum atomic E-state index is 9.35. The van der Waals surface area contributed by atoms with E-state index >= 15 is 0 Å². The lowest BCUT2D eigenvalue weighted by Gasteiger charge is -2.31. The molecule has 0 spiro atoms. The standard InChI is InChI=1S/C17H19ClN2O/c1-11-8-12-14(19-21)9-17(2,3)10-16(12)20(11)15-7-5-4-6-13(15)18/h4-8,21H,9-10H2,1-3H3/b19-14+. The Morgan fingerprint density at radius 2 is 1.95 bits per heavy atom. The van der Waals surface area contributed by atoms with Crippen LogP contribution in [0.2, 0.25) is 5.02 Å². The van der Waals surface area contributed by atoms with Gasteiger partial charge in [0.1, 0.15) is 0 Å². The Hall–Kier alpha value is -1.74. The zero-order valence-corrected chi connectivity index (χ0v) is 13.3. The first-order valence-corrected chi connectivity index (χ1v) is 7.48. The second-order valence-electron chi connectivity index (χ2n) is 6.50. The van der Waals surface area contributed by atoms with Crippen molar-refractivity contribution in [3.05, 3.63) is 52.3 Å². The molecule has 3 rings (SSSR count). The second-order valence-corrected chi connectivity index (χ2v) is 6.90. The maximum Gasteiger partial charge on any atom is 0.0891 e. The summed E-state index contributed by atoms with van der Waals surface area (Å²) in [5, 5.41) is 13.6. The molecule has 1 aliphatic carbocycles. The van der Waals surface area contributed by atoms with Crippen molar-refractivity contribution < 1.29 is 5.21 Å². The predicted molar refractivity (Wildman–Crippen MR) is 85.9 cm³/mol. The summed E-state index contributed by atoms with van der Waals surface area (Å²) in [4.78, 5) is 0. The van der Waals surface area contributed by atoms with Crippen LogP contribution in [0.1, 0.15) is 37.2 Å². The largest absolute Gasteiger partial charge is 0.411 e. The van der Waals surface area contributed by atoms with Crippen molar-refractivity contribution in [3.63, 3.8) is 0 Å². The van der Waals surface area contributed by atoms with Gasteiger partial charge in [0.25, 0.3) is 0 Å². The van der Waals surface area contributed by atoms with E-state index in [0.29, 0.717) is 0 Å². The van der Waals surface area contributed by atoms with Gasteiger partial charge in [-0.15, -0.1) is 0 Å². The molecular weight excluding hydrogens is 284 g/mol. The van der Waals surface area contributed by atoms with Gasteiger partial charge in [-0.25, -0.2) is 0 Å². The summed E-state index contributed by atoms with van der Waals surface area (Å²) < 4.78 is 2.18. The summed E-state index contributed by atoms with van der Waals surface area (Å²) in [5.41, 5.74) is 5.12. The number of benzene rings is 1. The molecule has 1 heterocycles. The molecule has 0 amide bonds. The Labute approximate surface area is 129 Å². The van der Waals surface area contributed by atoms with Gasteiger partial charge in [-0.05, 0) is 43.4 Å². The lowest BCUT2D eigenvalue weighted by Crippen LogP contribution is -2.28. The summed E-state index contributed by atoms with van der Waals surface area (Å²) in [6.45, 7) is 6.45. The minimum atomic E-state index is 0.0678. The lowest BCUT2D eigenvalue weighted by atomic mass is 9.76. The fraction of sp³-hybridized carbons (Fsp3) is 0.353. The number of hydrogen-bond acceptors (Lipinski definition) is 2. The monoisotopic (exact) mass is 302 g/mol. The highest BCUT2D eigenvalue weighted by Crippen LogP contribution is 2.38. The van der Waals surface area contributed by atoms with Crippen molar-refractivity contribution in [1.82, 2.24) is 4.57 Å². The van der Waals surface area contributed by atoms with Crippen LogP contribution < -0.4 is 0 Å². The summed E-state index contributed by atoms with van der Waals surface area (Å²) in [6, 6.07) is 9.93. The molecule has 4 heteroatoms. The van der Waals surface area contributed by atoms with Gasteiger partial charge < -0.3 is 9.77 Å². The Balaban J connectivity index is 2.26. The maximum absolute atomic E-state index is 9.35. The number of nitrogens with zero attached hydrogens (tertiary/aromatic N) is 2. The van der Waals surface area contributed by atoms with E-state index < -0.39 is 0 Å². The number of rotatable bonds is 1. The van der Waals surface area contributed by atoms with E-state index in [4.69, 9.17) is 11.6 Å². The topological polar surface area (TPSA) is 37.5 Å². The van der Waals surface area contributed by atoms with E-state index in [9.17, 15) is 5.21 Å². The third-order valence-electron chi connectivity index (χ3n) is 4.10. The number of hydrogen-bond donors (Lipinski definition) is 1. The number of para-hydroxylation sites is 1. The molecule has 0 radical (unpaired) electrons. The molecule has 0 unspecified atom stereocenters. The Bertz CT molecular complexity index is 728. The van der Waals surface area contributed by atoms with Gasteiger partial charge in [0, 0.05) is 17.0 Å². The minimum Gasteiger partial charge on any atom is -0.411 e. The van der Waals surface area contributed by atoms with E-state index in [2.05, 4.69) is 36.6 Å². The molecule has 1 N–H and O–H groups in total. The second kappa shape index (κ2) is 4.92. The molecule has 0 saturated heterocycles. The highest BCUT2D eigenvalue weighted by atomic mass is 35.5. The number of aryl methyl sites for hydroxylation is 1. The average Bonchev–Trinajstić information content (AvgIpc) is 2.73. The number of fused-ring (bicyclic) bond motifs is 1. The SMILES string of the molecule is Cc1cc2c(n1-c1ccccc1Cl)CC(C)(C)C/C2=N\O. The first-order valence-electron chi connectivity index (χ1n) is 7.10. The summed E-state index contributed by atoms with van der Waals surface area (Å²) >= 11 is 6.37. The fourth-order valence-corrected chi connectivity index (χ4v) is 3.46. The van der Waals surface area contributed by atoms with Gasteiger partial charge >= 0.3 is 0 Å². The van der Waals surface area contributed by atoms with E-state index in [0.717, 1.165) is 40.5 Å². The van der Waals surface area contributed by atoms with Crippen molar-refractivity contribution in [1.29, 1.82) is 0 Å². The Morgan fingerprint density at radius 1 is 1.24 bits per heavy atom. The van der Waals surface area contributed by atoms with Gasteiger partial charge in [0.2, 0.25) is 0 Å². The Kier molecular flexibility index (Phi) is 3.33. The third-order valence-corrected chi connectivity index (χ3v) is 4.42. The summed E-state index contributed by atoms with van der Waals surface area (Å²) in [7, 11) is 0. The lowest BCUT2D eigenvalue weighted by molar-refractivity contribution is 0.305. The van der Waals surface area contributed by atoms with Crippen LogP contribution in [0.15, 0.2) is 35.5 Å². The molecule has 0 fully saturated rings. The first kappa shape index (κ1) is 14.2. The van der Waals surface area contributed by atoms with Gasteiger partial charge in [-0.1, -0.05) is 42.7 Å². The molecular formula is C17H19ClN2O. The number of oxime groups is 1. The van der Waals surface area contributed by atoms with Crippen LogP contribution in [0, 0.1) is 12.3 Å². The number of aromatic nitrogens is 1. The van der Waals surface area contributed by atoms with E-state index in [1.54, 1.807) is 0 Å². The zero-order chi connectivity index (χ0) is 15.2. The summed E-state index contributed by atoms with van der Waals surface area (Å²) in [6.07, 6.45) is 1.71. The first-order chi connectivity index (χ1) is 9.93. The van der Waals surface area contributed by atoms with Crippen molar-refractivity contribution in [3.8, 4) is 5.69 Å². The molecule has 110 valence electrons. The smallest absolute Gasteiger partial charge is 0.0891 e. The van der Waals surface area contributed by atoms with Crippen LogP contribution in [0.3, 0.4) is 0 Å². The van der Waals surface area contributed by atoms with Crippen LogP contribution in [0.5, 0.6) is 0 Å². The molecule has 0 saturated carbocycles. The molecule has 2 aromatic rings. The van der Waals surface area contributed by atoms with Crippen LogP contribution in [-0.4, -0.2) is 15.5 Å². The third kappa shape index (κ3) is 2.36. The van der Waals surface area contributed by atoms with Crippen LogP contribution in [0.25, 0.3) is 5.69 Å². The van der Waals surface area contributed by atoms with E-state index in [1.807, 2.05) is 24.3 Å². The molecule has 3 nitrogen and oxygen atoms in total. The molecule has 1 aliphatic rings. The van der Waals surface area contributed by atoms with Gasteiger partial charge in [0.15, 0.2) is 0 Å². The van der Waals surface area contributed by atoms with Crippen molar-refractivity contribution in [2.24, 2.45) is 10.6 Å². The zero-order valence-electron chi connectivity index (χ0n) is 12.5. The normalized spacial score (nSPS) is 18.8. The highest BCUT2D eigenvalue weighted by Gasteiger charge is 2.33. The quantitative estimate of drug-likeness (QED) is 0.607. The van der Waals surface area contributed by atoms with Gasteiger partial charge in [-0.3, -0.25) is 0 Å². The minimum absolute atomic E-state index is 0.0678. The summed E-state index contributed by atoms with van der Waals surface area (Å²) in [5.74, 6) is 0. The fourth-order valence-electron chi connectivity index (χ4n) is 3.24. The van der Waals surface area contributed by atoms with Gasteiger partial charge in [-0.2, -0.15) is 0 Å². The molecule has 21 heavy (non-hydrogen) atoms. The Morgan fingerprint density at radius 3 is 2.62 bits per heavy atom. The van der Waals surface area contributed by atoms with Gasteiger partial charge in [0.05, 0.1) is 16.4 Å². The van der Waals surface area contributed by atoms with Crippen molar-refractivity contribution in [2.75, 3.05) is 0 Å². The molecule has 0 atom stereocenters. The average molecular weight is 303 g/mol. The van der Waals surface area contributed by atoms with E-state index in [-0.39, 0.29) is 5.41 Å². The van der Waals surface area contributed by atoms with Crippen molar-refractivity contribution >= 4 is 17.3 Å². The molecule has 0 aliphatic heterocycles. The van der Waals surface area contributed by atoms with Crippen LogP contribution >= 0.6 is 11.6 Å². The number of halogens is 1. The van der Waals surface area contributed by atoms with Crippen molar-refractivity contribution in [2.45, 2.75) is 33.6 Å². The van der Waals surface area contributed by atoms with E-state index in [1.165, 1.54) is 5.69 Å². The molecule has 1 aromatic heterocycles. The highest BCUT2D eigenvalue weighted by molar-refractivity contribution is 6.32. The predicted octanol–water partition coefficient (Wildman–Crippen LogP) is 4.59. The molecule has 1 aromatic carbocycles. The van der Waals surface area contributed by atoms with Crippen LogP contribution in [-0.2, 0) is 6.42 Å².